The van der Waals surface area contributed by atoms with Crippen LogP contribution in [0.1, 0.15) is 0 Å². The fourth-order valence-corrected chi connectivity index (χ4v) is 8.87. The highest BCUT2D eigenvalue weighted by Gasteiger charge is 2.24. The zero-order valence-electron chi connectivity index (χ0n) is 33.4. The Morgan fingerprint density at radius 3 is 1.63 bits per heavy atom. The molecule has 0 amide bonds. The molecule has 62 heavy (non-hydrogen) atoms. The maximum Gasteiger partial charge on any atom is 0.166 e. The predicted octanol–water partition coefficient (Wildman–Crippen LogP) is 14.3. The molecular formula is C56H35N5O. The van der Waals surface area contributed by atoms with Crippen LogP contribution in [-0.2, 0) is 0 Å². The molecule has 0 saturated carbocycles. The lowest BCUT2D eigenvalue weighted by Gasteiger charge is -2.14. The molecule has 12 aromatic rings. The molecule has 0 bridgehead atoms. The molecule has 0 aliphatic carbocycles. The summed E-state index contributed by atoms with van der Waals surface area (Å²) in [6.07, 6.45) is 1.97. The third kappa shape index (κ3) is 5.96. The largest absolute Gasteiger partial charge is 0.456 e. The van der Waals surface area contributed by atoms with Gasteiger partial charge in [-0.1, -0.05) is 158 Å². The molecule has 0 atom stereocenters. The van der Waals surface area contributed by atoms with Crippen LogP contribution in [0.2, 0.25) is 0 Å². The van der Waals surface area contributed by atoms with Crippen molar-refractivity contribution in [1.82, 2.24) is 24.5 Å². The Bertz CT molecular complexity index is 3560. The molecule has 0 aliphatic rings. The highest BCUT2D eigenvalue weighted by Crippen LogP contribution is 2.46. The highest BCUT2D eigenvalue weighted by molar-refractivity contribution is 6.29. The van der Waals surface area contributed by atoms with Gasteiger partial charge in [-0.25, -0.2) is 15.0 Å². The van der Waals surface area contributed by atoms with Crippen molar-refractivity contribution in [2.24, 2.45) is 0 Å². The van der Waals surface area contributed by atoms with E-state index in [1.807, 2.05) is 85.1 Å². The minimum atomic E-state index is 0.525. The Morgan fingerprint density at radius 1 is 0.355 bits per heavy atom. The number of furan rings is 1. The van der Waals surface area contributed by atoms with E-state index in [9.17, 15) is 0 Å². The summed E-state index contributed by atoms with van der Waals surface area (Å²) < 4.78 is 9.10. The van der Waals surface area contributed by atoms with Crippen LogP contribution < -0.4 is 0 Å². The van der Waals surface area contributed by atoms with Gasteiger partial charge in [0.25, 0.3) is 0 Å². The molecule has 0 saturated heterocycles. The SMILES string of the molecule is c1ccc(-c2cccc(-c3cnc(-c4cccc5oc6ccc7c(c8ccccc8n7-c7ccccc7)c6c45)c(-c4nc(-c5ccccc5)nc(-c5ccccc5)n4)c3)c2)cc1. The Labute approximate surface area is 357 Å². The van der Waals surface area contributed by atoms with Gasteiger partial charge in [0.1, 0.15) is 11.2 Å². The topological polar surface area (TPSA) is 69.6 Å². The Morgan fingerprint density at radius 2 is 0.919 bits per heavy atom. The molecule has 290 valence electrons. The lowest BCUT2D eigenvalue weighted by molar-refractivity contribution is 0.669. The standard InChI is InChI=1S/C56H35N5O/c1-5-17-36(18-6-1)39-23-15-24-40(33-39)41-34-45(56-59-54(37-19-7-2-8-20-37)58-55(60-56)38-21-9-3-10-22-38)53(57-35-41)44-28-16-30-48-51(44)52-49(62-48)32-31-47-50(52)43-27-13-14-29-46(43)61(47)42-25-11-4-12-26-42/h1-35H. The molecule has 0 radical (unpaired) electrons. The van der Waals surface area contributed by atoms with Crippen LogP contribution in [0.5, 0.6) is 0 Å². The summed E-state index contributed by atoms with van der Waals surface area (Å²) in [4.78, 5) is 20.9. The van der Waals surface area contributed by atoms with Crippen LogP contribution in [-0.4, -0.2) is 24.5 Å². The lowest BCUT2D eigenvalue weighted by Crippen LogP contribution is -2.02. The van der Waals surface area contributed by atoms with Crippen molar-refractivity contribution in [3.63, 3.8) is 0 Å². The van der Waals surface area contributed by atoms with Gasteiger partial charge >= 0.3 is 0 Å². The first-order chi connectivity index (χ1) is 30.7. The van der Waals surface area contributed by atoms with E-state index in [2.05, 4.69) is 132 Å². The first-order valence-corrected chi connectivity index (χ1v) is 20.7. The van der Waals surface area contributed by atoms with Gasteiger partial charge in [-0.3, -0.25) is 4.98 Å². The lowest BCUT2D eigenvalue weighted by atomic mass is 9.95. The normalized spacial score (nSPS) is 11.5. The quantitative estimate of drug-likeness (QED) is 0.161. The first kappa shape index (κ1) is 35.5. The first-order valence-electron chi connectivity index (χ1n) is 20.7. The van der Waals surface area contributed by atoms with E-state index in [1.165, 1.54) is 0 Å². The zero-order chi connectivity index (χ0) is 41.0. The molecule has 0 fully saturated rings. The number of benzene rings is 8. The molecule has 6 nitrogen and oxygen atoms in total. The number of pyridine rings is 1. The van der Waals surface area contributed by atoms with E-state index >= 15 is 0 Å². The molecule has 0 N–H and O–H groups in total. The van der Waals surface area contributed by atoms with Crippen LogP contribution in [0, 0.1) is 0 Å². The summed E-state index contributed by atoms with van der Waals surface area (Å²) in [7, 11) is 0. The number of para-hydroxylation sites is 2. The molecule has 4 aromatic heterocycles. The van der Waals surface area contributed by atoms with Gasteiger partial charge in [0.2, 0.25) is 0 Å². The molecule has 0 aliphatic heterocycles. The third-order valence-corrected chi connectivity index (χ3v) is 11.7. The molecule has 6 heteroatoms. The average Bonchev–Trinajstić information content (AvgIpc) is 3.91. The van der Waals surface area contributed by atoms with Crippen molar-refractivity contribution in [3.05, 3.63) is 212 Å². The van der Waals surface area contributed by atoms with E-state index in [0.717, 1.165) is 99.6 Å². The van der Waals surface area contributed by atoms with Gasteiger partial charge in [-0.15, -0.1) is 0 Å². The highest BCUT2D eigenvalue weighted by atomic mass is 16.3. The van der Waals surface area contributed by atoms with Crippen molar-refractivity contribution < 1.29 is 4.42 Å². The molecule has 0 unspecified atom stereocenters. The second-order valence-electron chi connectivity index (χ2n) is 15.4. The second-order valence-corrected chi connectivity index (χ2v) is 15.4. The smallest absolute Gasteiger partial charge is 0.166 e. The van der Waals surface area contributed by atoms with E-state index in [-0.39, 0.29) is 0 Å². The minimum absolute atomic E-state index is 0.525. The van der Waals surface area contributed by atoms with Crippen LogP contribution >= 0.6 is 0 Å². The molecule has 8 aromatic carbocycles. The third-order valence-electron chi connectivity index (χ3n) is 11.7. The van der Waals surface area contributed by atoms with E-state index in [0.29, 0.717) is 17.5 Å². The van der Waals surface area contributed by atoms with Gasteiger partial charge < -0.3 is 8.98 Å². The van der Waals surface area contributed by atoms with E-state index in [1.54, 1.807) is 0 Å². The molecule has 0 spiro atoms. The van der Waals surface area contributed by atoms with Gasteiger partial charge in [0, 0.05) is 61.2 Å². The summed E-state index contributed by atoms with van der Waals surface area (Å²) >= 11 is 0. The van der Waals surface area contributed by atoms with Gasteiger partial charge in [-0.2, -0.15) is 0 Å². The number of aromatic nitrogens is 5. The van der Waals surface area contributed by atoms with Crippen molar-refractivity contribution in [2.75, 3.05) is 0 Å². The van der Waals surface area contributed by atoms with Crippen LogP contribution in [0.25, 0.3) is 117 Å². The molecule has 4 heterocycles. The Hall–Kier alpha value is -8.48. The van der Waals surface area contributed by atoms with Crippen LogP contribution in [0.4, 0.5) is 0 Å². The zero-order valence-corrected chi connectivity index (χ0v) is 33.4. The van der Waals surface area contributed by atoms with Gasteiger partial charge in [-0.05, 0) is 65.2 Å². The van der Waals surface area contributed by atoms with Crippen molar-refractivity contribution in [1.29, 1.82) is 0 Å². The maximum atomic E-state index is 6.76. The number of hydrogen-bond donors (Lipinski definition) is 0. The van der Waals surface area contributed by atoms with Gasteiger partial charge in [0.15, 0.2) is 17.5 Å². The average molecular weight is 794 g/mol. The number of rotatable bonds is 7. The van der Waals surface area contributed by atoms with Crippen molar-refractivity contribution in [3.8, 4) is 73.4 Å². The fraction of sp³-hybridized carbons (Fsp3) is 0. The second kappa shape index (κ2) is 14.7. The number of fused-ring (bicyclic) bond motifs is 7. The predicted molar refractivity (Wildman–Crippen MR) is 252 cm³/mol. The Balaban J connectivity index is 1.16. The van der Waals surface area contributed by atoms with Crippen molar-refractivity contribution in [2.45, 2.75) is 0 Å². The molecule has 12 rings (SSSR count). The summed E-state index contributed by atoms with van der Waals surface area (Å²) in [6, 6.07) is 71.1. The number of hydrogen-bond acceptors (Lipinski definition) is 5. The van der Waals surface area contributed by atoms with Crippen molar-refractivity contribution >= 4 is 43.7 Å². The fourth-order valence-electron chi connectivity index (χ4n) is 8.87. The summed E-state index contributed by atoms with van der Waals surface area (Å²) in [6.45, 7) is 0. The van der Waals surface area contributed by atoms with Crippen LogP contribution in [0.15, 0.2) is 217 Å². The summed E-state index contributed by atoms with van der Waals surface area (Å²) in [5.41, 5.74) is 13.4. The van der Waals surface area contributed by atoms with E-state index in [4.69, 9.17) is 24.4 Å². The van der Waals surface area contributed by atoms with Crippen LogP contribution in [0.3, 0.4) is 0 Å². The monoisotopic (exact) mass is 793 g/mol. The Kier molecular flexibility index (Phi) is 8.38. The maximum absolute atomic E-state index is 6.76. The number of nitrogens with zero attached hydrogens (tertiary/aromatic N) is 5. The molecular weight excluding hydrogens is 759 g/mol. The summed E-state index contributed by atoms with van der Waals surface area (Å²) in [5.74, 6) is 1.69. The summed E-state index contributed by atoms with van der Waals surface area (Å²) in [5, 5.41) is 4.30. The van der Waals surface area contributed by atoms with Gasteiger partial charge in [0.05, 0.1) is 16.7 Å². The van der Waals surface area contributed by atoms with E-state index < -0.39 is 0 Å². The minimum Gasteiger partial charge on any atom is -0.456 e.